The zero-order chi connectivity index (χ0) is 15.3. The van der Waals surface area contributed by atoms with E-state index in [1.165, 1.54) is 18.2 Å². The van der Waals surface area contributed by atoms with Gasteiger partial charge in [0, 0.05) is 5.56 Å². The van der Waals surface area contributed by atoms with E-state index in [1.807, 2.05) is 0 Å². The maximum atomic E-state index is 12.2. The average Bonchev–Trinajstić information content (AvgIpc) is 2.33. The highest BCUT2D eigenvalue weighted by atomic mass is 19.4. The first kappa shape index (κ1) is 16.0. The summed E-state index contributed by atoms with van der Waals surface area (Å²) in [4.78, 5) is 22.2. The van der Waals surface area contributed by atoms with E-state index in [0.29, 0.717) is 0 Å². The van der Waals surface area contributed by atoms with Gasteiger partial charge in [0.05, 0.1) is 13.0 Å². The number of aliphatic hydroxyl groups excluding tert-OH is 1. The van der Waals surface area contributed by atoms with Crippen LogP contribution in [0.3, 0.4) is 0 Å². The molecule has 1 aromatic carbocycles. The van der Waals surface area contributed by atoms with Gasteiger partial charge in [0.1, 0.15) is 6.10 Å². The Morgan fingerprint density at radius 1 is 1.35 bits per heavy atom. The van der Waals surface area contributed by atoms with Gasteiger partial charge in [-0.3, -0.25) is 9.59 Å². The average molecular weight is 290 g/mol. The van der Waals surface area contributed by atoms with Crippen LogP contribution in [0.4, 0.5) is 13.2 Å². The fourth-order valence-corrected chi connectivity index (χ4v) is 1.45. The second-order valence-electron chi connectivity index (χ2n) is 4.12. The fraction of sp³-hybridized carbons (Fsp3) is 0.333. The molecule has 0 aliphatic carbocycles. The Morgan fingerprint density at radius 2 is 2.00 bits per heavy atom. The molecule has 1 aromatic rings. The number of benzene rings is 1. The molecule has 1 unspecified atom stereocenters. The smallest absolute Gasteiger partial charge is 0.381 e. The van der Waals surface area contributed by atoms with Crippen LogP contribution < -0.4 is 11.1 Å². The molecule has 0 radical (unpaired) electrons. The van der Waals surface area contributed by atoms with Crippen molar-refractivity contribution in [1.29, 1.82) is 0 Å². The Hall–Kier alpha value is -2.09. The second kappa shape index (κ2) is 6.38. The number of carbonyl (C=O) groups is 2. The minimum Gasteiger partial charge on any atom is -0.381 e. The van der Waals surface area contributed by atoms with Crippen LogP contribution in [-0.4, -0.2) is 35.7 Å². The van der Waals surface area contributed by atoms with Crippen molar-refractivity contribution in [3.05, 3.63) is 35.4 Å². The predicted molar refractivity (Wildman–Crippen MR) is 63.7 cm³/mol. The molecule has 4 N–H and O–H groups in total. The van der Waals surface area contributed by atoms with Crippen molar-refractivity contribution in [2.75, 3.05) is 6.54 Å². The van der Waals surface area contributed by atoms with Crippen LogP contribution in [-0.2, 0) is 11.2 Å². The Bertz CT molecular complexity index is 503. The van der Waals surface area contributed by atoms with Gasteiger partial charge in [-0.05, 0) is 17.7 Å². The molecule has 110 valence electrons. The number of hydrogen-bond acceptors (Lipinski definition) is 3. The lowest BCUT2D eigenvalue weighted by Gasteiger charge is -2.10. The molecule has 0 spiro atoms. The Kier molecular flexibility index (Phi) is 5.09. The summed E-state index contributed by atoms with van der Waals surface area (Å²) in [6.07, 6.45) is -7.05. The highest BCUT2D eigenvalue weighted by Crippen LogP contribution is 2.21. The number of alkyl halides is 3. The Labute approximate surface area is 112 Å². The molecule has 5 nitrogen and oxygen atoms in total. The summed E-state index contributed by atoms with van der Waals surface area (Å²) >= 11 is 0. The van der Waals surface area contributed by atoms with Gasteiger partial charge in [-0.15, -0.1) is 0 Å². The largest absolute Gasteiger partial charge is 0.393 e. The van der Waals surface area contributed by atoms with Crippen molar-refractivity contribution in [3.63, 3.8) is 0 Å². The third-order valence-electron chi connectivity index (χ3n) is 2.38. The lowest BCUT2D eigenvalue weighted by atomic mass is 10.1. The van der Waals surface area contributed by atoms with Crippen LogP contribution in [0.15, 0.2) is 24.3 Å². The molecule has 1 atom stereocenters. The zero-order valence-corrected chi connectivity index (χ0v) is 10.3. The minimum absolute atomic E-state index is 0.00317. The van der Waals surface area contributed by atoms with Crippen molar-refractivity contribution in [1.82, 2.24) is 5.32 Å². The number of rotatable bonds is 5. The van der Waals surface area contributed by atoms with Gasteiger partial charge in [0.25, 0.3) is 5.91 Å². The monoisotopic (exact) mass is 290 g/mol. The van der Waals surface area contributed by atoms with Gasteiger partial charge < -0.3 is 16.2 Å². The lowest BCUT2D eigenvalue weighted by molar-refractivity contribution is -0.127. The minimum atomic E-state index is -4.36. The molecule has 0 aliphatic heterocycles. The van der Waals surface area contributed by atoms with E-state index in [1.54, 1.807) is 0 Å². The Morgan fingerprint density at radius 3 is 2.55 bits per heavy atom. The number of hydrogen-bond donors (Lipinski definition) is 3. The molecule has 0 saturated heterocycles. The predicted octanol–water partition coefficient (Wildman–Crippen LogP) is 0.367. The summed E-state index contributed by atoms with van der Waals surface area (Å²) in [5.74, 6) is -1.70. The molecule has 0 heterocycles. The first-order chi connectivity index (χ1) is 9.19. The van der Waals surface area contributed by atoms with Crippen molar-refractivity contribution in [2.24, 2.45) is 5.73 Å². The van der Waals surface area contributed by atoms with E-state index in [9.17, 15) is 22.8 Å². The molecular formula is C12H13F3N2O3. The van der Waals surface area contributed by atoms with Gasteiger partial charge in [0.15, 0.2) is 0 Å². The third-order valence-corrected chi connectivity index (χ3v) is 2.38. The van der Waals surface area contributed by atoms with Crippen LogP contribution in [0.2, 0.25) is 0 Å². The third kappa shape index (κ3) is 5.27. The number of halogens is 3. The van der Waals surface area contributed by atoms with Crippen LogP contribution >= 0.6 is 0 Å². The van der Waals surface area contributed by atoms with E-state index < -0.39 is 37.1 Å². The maximum Gasteiger partial charge on any atom is 0.393 e. The fourth-order valence-electron chi connectivity index (χ4n) is 1.45. The quantitative estimate of drug-likeness (QED) is 0.731. The molecule has 0 bridgehead atoms. The first-order valence-corrected chi connectivity index (χ1v) is 5.60. The SMILES string of the molecule is NC(=O)C(O)CNC(=O)c1cccc(CC(F)(F)F)c1. The van der Waals surface area contributed by atoms with Crippen LogP contribution in [0.1, 0.15) is 15.9 Å². The molecule has 20 heavy (non-hydrogen) atoms. The summed E-state index contributed by atoms with van der Waals surface area (Å²) in [7, 11) is 0. The van der Waals surface area contributed by atoms with E-state index in [0.717, 1.165) is 6.07 Å². The van der Waals surface area contributed by atoms with Gasteiger partial charge in [0.2, 0.25) is 5.91 Å². The van der Waals surface area contributed by atoms with Crippen LogP contribution in [0, 0.1) is 0 Å². The number of carbonyl (C=O) groups excluding carboxylic acids is 2. The molecule has 2 amide bonds. The highest BCUT2D eigenvalue weighted by molar-refractivity contribution is 5.94. The number of nitrogens with one attached hydrogen (secondary N) is 1. The van der Waals surface area contributed by atoms with Crippen molar-refractivity contribution < 1.29 is 27.9 Å². The van der Waals surface area contributed by atoms with Gasteiger partial charge >= 0.3 is 6.18 Å². The number of amides is 2. The number of nitrogens with two attached hydrogens (primary N) is 1. The van der Waals surface area contributed by atoms with Gasteiger partial charge in [-0.2, -0.15) is 13.2 Å². The van der Waals surface area contributed by atoms with Gasteiger partial charge in [-0.25, -0.2) is 0 Å². The molecule has 0 aliphatic rings. The summed E-state index contributed by atoms with van der Waals surface area (Å²) in [5.41, 5.74) is 4.74. The molecule has 0 saturated carbocycles. The normalized spacial score (nSPS) is 12.8. The summed E-state index contributed by atoms with van der Waals surface area (Å²) < 4.78 is 36.7. The van der Waals surface area contributed by atoms with Crippen LogP contribution in [0.25, 0.3) is 0 Å². The highest BCUT2D eigenvalue weighted by Gasteiger charge is 2.27. The van der Waals surface area contributed by atoms with E-state index in [-0.39, 0.29) is 11.1 Å². The van der Waals surface area contributed by atoms with E-state index in [2.05, 4.69) is 5.32 Å². The molecular weight excluding hydrogens is 277 g/mol. The van der Waals surface area contributed by atoms with E-state index >= 15 is 0 Å². The molecule has 0 fully saturated rings. The number of primary amides is 1. The topological polar surface area (TPSA) is 92.4 Å². The van der Waals surface area contributed by atoms with E-state index in [4.69, 9.17) is 10.8 Å². The molecule has 0 aromatic heterocycles. The first-order valence-electron chi connectivity index (χ1n) is 5.60. The van der Waals surface area contributed by atoms with Crippen molar-refractivity contribution in [3.8, 4) is 0 Å². The molecule has 1 rings (SSSR count). The Balaban J connectivity index is 2.69. The van der Waals surface area contributed by atoms with Crippen molar-refractivity contribution in [2.45, 2.75) is 18.7 Å². The number of aliphatic hydroxyl groups is 1. The van der Waals surface area contributed by atoms with Crippen LogP contribution in [0.5, 0.6) is 0 Å². The van der Waals surface area contributed by atoms with Gasteiger partial charge in [-0.1, -0.05) is 12.1 Å². The summed E-state index contributed by atoms with van der Waals surface area (Å²) in [5, 5.41) is 11.3. The summed E-state index contributed by atoms with van der Waals surface area (Å²) in [6, 6.07) is 4.99. The van der Waals surface area contributed by atoms with Crippen molar-refractivity contribution >= 4 is 11.8 Å². The standard InChI is InChI=1S/C12H13F3N2O3/c13-12(14,15)5-7-2-1-3-8(4-7)11(20)17-6-9(18)10(16)19/h1-4,9,18H,5-6H2,(H2,16,19)(H,17,20). The molecule has 8 heteroatoms. The zero-order valence-electron chi connectivity index (χ0n) is 10.3. The summed E-state index contributed by atoms with van der Waals surface area (Å²) in [6.45, 7) is -0.405. The maximum absolute atomic E-state index is 12.2. The lowest BCUT2D eigenvalue weighted by Crippen LogP contribution is -2.40. The second-order valence-corrected chi connectivity index (χ2v) is 4.12.